The summed E-state index contributed by atoms with van der Waals surface area (Å²) < 4.78 is 40.9. The monoisotopic (exact) mass is 506 g/mol. The molecule has 0 bridgehead atoms. The number of amides is 1. The van der Waals surface area contributed by atoms with Crippen molar-refractivity contribution < 1.29 is 18.0 Å². The summed E-state index contributed by atoms with van der Waals surface area (Å²) in [4.78, 5) is 34.6. The van der Waals surface area contributed by atoms with Crippen molar-refractivity contribution in [3.63, 3.8) is 0 Å². The fourth-order valence-corrected chi connectivity index (χ4v) is 4.80. The van der Waals surface area contributed by atoms with Crippen LogP contribution in [0.25, 0.3) is 10.9 Å². The van der Waals surface area contributed by atoms with Crippen molar-refractivity contribution >= 4 is 28.4 Å². The highest BCUT2D eigenvalue weighted by Crippen LogP contribution is 2.30. The molecule has 3 aromatic rings. The van der Waals surface area contributed by atoms with Gasteiger partial charge in [0.25, 0.3) is 11.5 Å². The molecular weight excluding hydrogens is 481 g/mol. The van der Waals surface area contributed by atoms with E-state index < -0.39 is 17.6 Å². The van der Waals surface area contributed by atoms with Crippen LogP contribution in [0.5, 0.6) is 0 Å². The van der Waals surface area contributed by atoms with Gasteiger partial charge in [-0.15, -0.1) is 0 Å². The summed E-state index contributed by atoms with van der Waals surface area (Å²) in [6, 6.07) is 9.10. The molecule has 4 rings (SSSR count). The van der Waals surface area contributed by atoms with E-state index in [1.165, 1.54) is 12.1 Å². The fraction of sp³-hybridized carbons (Fsp3) is 0.400. The summed E-state index contributed by atoms with van der Waals surface area (Å²) in [5, 5.41) is 0.926. The van der Waals surface area contributed by atoms with Gasteiger partial charge in [0.15, 0.2) is 0 Å². The van der Waals surface area contributed by atoms with Gasteiger partial charge >= 0.3 is 6.18 Å². The number of carbonyl (C=O) groups excluding carboxylic acids is 1. The molecule has 10 heteroatoms. The minimum absolute atomic E-state index is 0.0165. The molecule has 2 unspecified atom stereocenters. The van der Waals surface area contributed by atoms with Crippen molar-refractivity contribution in [3.05, 3.63) is 74.8 Å². The second-order valence-corrected chi connectivity index (χ2v) is 9.21. The van der Waals surface area contributed by atoms with Gasteiger partial charge in [0.1, 0.15) is 5.82 Å². The number of nitrogens with zero attached hydrogens (tertiary/aromatic N) is 4. The molecule has 0 spiro atoms. The molecule has 0 N–H and O–H groups in total. The summed E-state index contributed by atoms with van der Waals surface area (Å²) in [7, 11) is 0. The predicted octanol–water partition coefficient (Wildman–Crippen LogP) is 5.00. The van der Waals surface area contributed by atoms with Crippen molar-refractivity contribution in [2.45, 2.75) is 45.6 Å². The van der Waals surface area contributed by atoms with Crippen LogP contribution < -0.4 is 5.56 Å². The quantitative estimate of drug-likeness (QED) is 0.500. The molecule has 0 aliphatic carbocycles. The molecule has 1 aliphatic heterocycles. The van der Waals surface area contributed by atoms with Crippen molar-refractivity contribution in [3.8, 4) is 0 Å². The first-order chi connectivity index (χ1) is 16.5. The summed E-state index contributed by atoms with van der Waals surface area (Å²) in [6.45, 7) is 7.49. The number of alkyl halides is 3. The number of hydrogen-bond donors (Lipinski definition) is 0. The average Bonchev–Trinajstić information content (AvgIpc) is 2.83. The average molecular weight is 507 g/mol. The van der Waals surface area contributed by atoms with Gasteiger partial charge < -0.3 is 4.90 Å². The molecule has 6 nitrogen and oxygen atoms in total. The lowest BCUT2D eigenvalue weighted by molar-refractivity contribution is -0.137. The van der Waals surface area contributed by atoms with Crippen molar-refractivity contribution in [2.75, 3.05) is 19.6 Å². The number of halogens is 4. The molecule has 0 saturated carbocycles. The second-order valence-electron chi connectivity index (χ2n) is 8.78. The Kier molecular flexibility index (Phi) is 6.92. The Bertz CT molecular complexity index is 1320. The Morgan fingerprint density at radius 1 is 1.20 bits per heavy atom. The van der Waals surface area contributed by atoms with Crippen LogP contribution in [0.4, 0.5) is 13.2 Å². The molecule has 0 radical (unpaired) electrons. The van der Waals surface area contributed by atoms with Gasteiger partial charge in [-0.3, -0.25) is 19.1 Å². The first kappa shape index (κ1) is 25.2. The topological polar surface area (TPSA) is 58.4 Å². The molecule has 1 aromatic heterocycles. The Labute approximate surface area is 205 Å². The highest BCUT2D eigenvalue weighted by atomic mass is 35.5. The number of piperazine rings is 1. The predicted molar refractivity (Wildman–Crippen MR) is 129 cm³/mol. The van der Waals surface area contributed by atoms with E-state index in [4.69, 9.17) is 16.6 Å². The van der Waals surface area contributed by atoms with Crippen LogP contribution >= 0.6 is 11.6 Å². The van der Waals surface area contributed by atoms with E-state index >= 15 is 0 Å². The molecule has 1 fully saturated rings. The normalized spacial score (nSPS) is 18.1. The minimum atomic E-state index is -4.51. The number of carbonyl (C=O) groups is 1. The molecule has 2 heterocycles. The maximum atomic E-state index is 13.1. The smallest absolute Gasteiger partial charge is 0.333 e. The molecule has 1 aliphatic rings. The van der Waals surface area contributed by atoms with E-state index in [-0.39, 0.29) is 23.2 Å². The molecule has 1 saturated heterocycles. The van der Waals surface area contributed by atoms with Crippen molar-refractivity contribution in [1.82, 2.24) is 19.4 Å². The molecule has 35 heavy (non-hydrogen) atoms. The third kappa shape index (κ3) is 4.92. The number of fused-ring (bicyclic) bond motifs is 1. The van der Waals surface area contributed by atoms with Crippen molar-refractivity contribution in [2.24, 2.45) is 0 Å². The SMILES string of the molecule is CCn1c(C(C)N2CCN(C(=O)c3cccc(C(F)(F)F)c3)C(C)C2)nc2ccc(Cl)cc2c1=O. The van der Waals surface area contributed by atoms with Crippen LogP contribution in [0, 0.1) is 0 Å². The Hall–Kier alpha value is -2.91. The highest BCUT2D eigenvalue weighted by molar-refractivity contribution is 6.31. The number of rotatable bonds is 4. The third-order valence-electron chi connectivity index (χ3n) is 6.54. The van der Waals surface area contributed by atoms with E-state index in [1.807, 2.05) is 20.8 Å². The van der Waals surface area contributed by atoms with E-state index in [0.717, 1.165) is 12.1 Å². The first-order valence-electron chi connectivity index (χ1n) is 11.4. The highest BCUT2D eigenvalue weighted by Gasteiger charge is 2.34. The zero-order valence-electron chi connectivity index (χ0n) is 19.6. The van der Waals surface area contributed by atoms with Crippen LogP contribution in [0.2, 0.25) is 5.02 Å². The van der Waals surface area contributed by atoms with Crippen LogP contribution in [0.1, 0.15) is 48.6 Å². The largest absolute Gasteiger partial charge is 0.416 e. The lowest BCUT2D eigenvalue weighted by atomic mass is 10.1. The summed E-state index contributed by atoms with van der Waals surface area (Å²) in [5.41, 5.74) is -0.419. The minimum Gasteiger partial charge on any atom is -0.333 e. The Balaban J connectivity index is 1.56. The van der Waals surface area contributed by atoms with Gasteiger partial charge in [0, 0.05) is 42.8 Å². The number of benzene rings is 2. The van der Waals surface area contributed by atoms with Crippen LogP contribution in [0.15, 0.2) is 47.3 Å². The standard InChI is InChI=1S/C25H26ClF3N4O2/c1-4-32-22(30-21-9-8-19(26)13-20(21)24(32)35)16(3)31-10-11-33(15(2)14-31)23(34)17-6-5-7-18(12-17)25(27,28)29/h5-9,12-13,15-16H,4,10-11,14H2,1-3H3. The molecule has 2 aromatic carbocycles. The summed E-state index contributed by atoms with van der Waals surface area (Å²) >= 11 is 6.07. The van der Waals surface area contributed by atoms with Crippen LogP contribution in [-0.2, 0) is 12.7 Å². The Morgan fingerprint density at radius 2 is 1.94 bits per heavy atom. The van der Waals surface area contributed by atoms with Gasteiger partial charge in [-0.05, 0) is 57.2 Å². The van der Waals surface area contributed by atoms with Gasteiger partial charge in [0.2, 0.25) is 0 Å². The van der Waals surface area contributed by atoms with Crippen molar-refractivity contribution in [1.29, 1.82) is 0 Å². The molecule has 1 amide bonds. The zero-order chi connectivity index (χ0) is 25.5. The third-order valence-corrected chi connectivity index (χ3v) is 6.78. The lowest BCUT2D eigenvalue weighted by Crippen LogP contribution is -2.54. The molecule has 186 valence electrons. The maximum absolute atomic E-state index is 13.1. The fourth-order valence-electron chi connectivity index (χ4n) is 4.63. The van der Waals surface area contributed by atoms with Crippen LogP contribution in [-0.4, -0.2) is 50.9 Å². The van der Waals surface area contributed by atoms with Gasteiger partial charge in [-0.2, -0.15) is 13.2 Å². The zero-order valence-corrected chi connectivity index (χ0v) is 20.4. The maximum Gasteiger partial charge on any atom is 0.416 e. The lowest BCUT2D eigenvalue weighted by Gasteiger charge is -2.42. The Morgan fingerprint density at radius 3 is 2.60 bits per heavy atom. The summed E-state index contributed by atoms with van der Waals surface area (Å²) in [5.74, 6) is 0.194. The van der Waals surface area contributed by atoms with E-state index in [9.17, 15) is 22.8 Å². The van der Waals surface area contributed by atoms with Gasteiger partial charge in [-0.25, -0.2) is 4.98 Å². The first-order valence-corrected chi connectivity index (χ1v) is 11.8. The van der Waals surface area contributed by atoms with Crippen LogP contribution in [0.3, 0.4) is 0 Å². The van der Waals surface area contributed by atoms with Gasteiger partial charge in [-0.1, -0.05) is 17.7 Å². The van der Waals surface area contributed by atoms with E-state index in [0.29, 0.717) is 47.9 Å². The summed E-state index contributed by atoms with van der Waals surface area (Å²) in [6.07, 6.45) is -4.51. The van der Waals surface area contributed by atoms with E-state index in [1.54, 1.807) is 27.7 Å². The molecule has 2 atom stereocenters. The van der Waals surface area contributed by atoms with Gasteiger partial charge in [0.05, 0.1) is 22.5 Å². The number of aromatic nitrogens is 2. The molecular formula is C25H26ClF3N4O2. The van der Waals surface area contributed by atoms with E-state index in [2.05, 4.69) is 4.90 Å². The number of hydrogen-bond acceptors (Lipinski definition) is 4. The second kappa shape index (κ2) is 9.62.